The van der Waals surface area contributed by atoms with E-state index in [1.165, 1.54) is 0 Å². The standard InChI is InChI=1S/C6H14N2O.C6H12N2O/c7-2-1-6-5-8-3-4-9-6;7-3-5-8-4-1-2-6(8)9/h6,8H,1-5,7H2;1-5,7H2. The Labute approximate surface area is 109 Å². The number of hydrogen-bond acceptors (Lipinski definition) is 5. The lowest BCUT2D eigenvalue weighted by Gasteiger charge is -2.22. The van der Waals surface area contributed by atoms with Crippen LogP contribution in [0.4, 0.5) is 0 Å². The summed E-state index contributed by atoms with van der Waals surface area (Å²) in [5.41, 5.74) is 10.6. The molecule has 1 unspecified atom stereocenters. The highest BCUT2D eigenvalue weighted by molar-refractivity contribution is 5.78. The lowest BCUT2D eigenvalue weighted by Crippen LogP contribution is -2.39. The van der Waals surface area contributed by atoms with E-state index in [1.807, 2.05) is 4.90 Å². The van der Waals surface area contributed by atoms with Crippen molar-refractivity contribution in [2.75, 3.05) is 45.9 Å². The highest BCUT2D eigenvalue weighted by Crippen LogP contribution is 2.07. The van der Waals surface area contributed by atoms with Crippen molar-refractivity contribution in [3.8, 4) is 0 Å². The molecule has 0 spiro atoms. The lowest BCUT2D eigenvalue weighted by atomic mass is 10.2. The van der Waals surface area contributed by atoms with Crippen LogP contribution in [0.1, 0.15) is 19.3 Å². The molecule has 0 aromatic rings. The van der Waals surface area contributed by atoms with E-state index in [1.54, 1.807) is 0 Å². The summed E-state index contributed by atoms with van der Waals surface area (Å²) in [6.07, 6.45) is 3.08. The van der Waals surface area contributed by atoms with E-state index in [0.29, 0.717) is 12.6 Å². The number of amides is 1. The second-order valence-electron chi connectivity index (χ2n) is 4.55. The highest BCUT2D eigenvalue weighted by atomic mass is 16.5. The van der Waals surface area contributed by atoms with Crippen LogP contribution in [0.3, 0.4) is 0 Å². The van der Waals surface area contributed by atoms with Crippen molar-refractivity contribution in [3.05, 3.63) is 0 Å². The fourth-order valence-corrected chi connectivity index (χ4v) is 2.09. The molecular weight excluding hydrogens is 232 g/mol. The molecule has 2 heterocycles. The summed E-state index contributed by atoms with van der Waals surface area (Å²) >= 11 is 0. The van der Waals surface area contributed by atoms with Gasteiger partial charge in [-0.15, -0.1) is 0 Å². The van der Waals surface area contributed by atoms with Crippen LogP contribution in [-0.4, -0.2) is 62.8 Å². The maximum absolute atomic E-state index is 10.8. The van der Waals surface area contributed by atoms with Crippen LogP contribution in [0.5, 0.6) is 0 Å². The van der Waals surface area contributed by atoms with Crippen LogP contribution in [-0.2, 0) is 9.53 Å². The zero-order valence-corrected chi connectivity index (χ0v) is 11.1. The van der Waals surface area contributed by atoms with Crippen molar-refractivity contribution in [1.82, 2.24) is 10.2 Å². The zero-order chi connectivity index (χ0) is 13.2. The molecule has 5 N–H and O–H groups in total. The number of rotatable bonds is 4. The maximum Gasteiger partial charge on any atom is 0.222 e. The first-order valence-corrected chi connectivity index (χ1v) is 6.78. The molecule has 0 radical (unpaired) electrons. The van der Waals surface area contributed by atoms with Gasteiger partial charge in [0.1, 0.15) is 0 Å². The molecule has 106 valence electrons. The molecule has 2 rings (SSSR count). The Hall–Kier alpha value is -0.690. The Morgan fingerprint density at radius 1 is 1.39 bits per heavy atom. The van der Waals surface area contributed by atoms with E-state index >= 15 is 0 Å². The largest absolute Gasteiger partial charge is 0.376 e. The molecule has 2 saturated heterocycles. The van der Waals surface area contributed by atoms with Gasteiger partial charge in [0.25, 0.3) is 0 Å². The highest BCUT2D eigenvalue weighted by Gasteiger charge is 2.18. The maximum atomic E-state index is 10.8. The summed E-state index contributed by atoms with van der Waals surface area (Å²) < 4.78 is 5.38. The van der Waals surface area contributed by atoms with Gasteiger partial charge in [0, 0.05) is 39.1 Å². The molecule has 2 aliphatic rings. The van der Waals surface area contributed by atoms with Crippen LogP contribution in [0.25, 0.3) is 0 Å². The third-order valence-electron chi connectivity index (χ3n) is 3.06. The van der Waals surface area contributed by atoms with Gasteiger partial charge in [0.2, 0.25) is 5.91 Å². The van der Waals surface area contributed by atoms with Gasteiger partial charge >= 0.3 is 0 Å². The van der Waals surface area contributed by atoms with Gasteiger partial charge in [-0.25, -0.2) is 0 Å². The molecule has 0 aromatic carbocycles. The van der Waals surface area contributed by atoms with Gasteiger partial charge < -0.3 is 26.4 Å². The van der Waals surface area contributed by atoms with Gasteiger partial charge in [-0.05, 0) is 19.4 Å². The third-order valence-corrected chi connectivity index (χ3v) is 3.06. The Balaban J connectivity index is 0.000000180. The van der Waals surface area contributed by atoms with Crippen LogP contribution >= 0.6 is 0 Å². The van der Waals surface area contributed by atoms with Gasteiger partial charge in [-0.1, -0.05) is 0 Å². The average molecular weight is 258 g/mol. The second kappa shape index (κ2) is 9.27. The minimum Gasteiger partial charge on any atom is -0.376 e. The lowest BCUT2D eigenvalue weighted by molar-refractivity contribution is -0.127. The van der Waals surface area contributed by atoms with E-state index in [0.717, 1.165) is 58.6 Å². The summed E-state index contributed by atoms with van der Waals surface area (Å²) in [4.78, 5) is 12.7. The number of nitrogens with one attached hydrogen (secondary N) is 1. The van der Waals surface area contributed by atoms with Gasteiger partial charge in [0.05, 0.1) is 12.7 Å². The fourth-order valence-electron chi connectivity index (χ4n) is 2.09. The van der Waals surface area contributed by atoms with Crippen LogP contribution in [0.2, 0.25) is 0 Å². The number of carbonyl (C=O) groups excluding carboxylic acids is 1. The number of carbonyl (C=O) groups is 1. The molecule has 0 aliphatic carbocycles. The van der Waals surface area contributed by atoms with E-state index in [4.69, 9.17) is 16.2 Å². The smallest absolute Gasteiger partial charge is 0.222 e. The monoisotopic (exact) mass is 258 g/mol. The van der Waals surface area contributed by atoms with Crippen molar-refractivity contribution in [2.45, 2.75) is 25.4 Å². The van der Waals surface area contributed by atoms with Crippen molar-refractivity contribution in [3.63, 3.8) is 0 Å². The van der Waals surface area contributed by atoms with E-state index in [2.05, 4.69) is 5.32 Å². The first kappa shape index (κ1) is 15.4. The molecular formula is C12H26N4O2. The van der Waals surface area contributed by atoms with Crippen molar-refractivity contribution < 1.29 is 9.53 Å². The summed E-state index contributed by atoms with van der Waals surface area (Å²) in [7, 11) is 0. The summed E-state index contributed by atoms with van der Waals surface area (Å²) in [5, 5.41) is 3.24. The molecule has 18 heavy (non-hydrogen) atoms. The molecule has 0 bridgehead atoms. The molecule has 2 fully saturated rings. The third kappa shape index (κ3) is 5.77. The predicted molar refractivity (Wildman–Crippen MR) is 71.1 cm³/mol. The molecule has 0 saturated carbocycles. The number of morpholine rings is 1. The first-order chi connectivity index (χ1) is 8.77. The van der Waals surface area contributed by atoms with Crippen LogP contribution < -0.4 is 16.8 Å². The van der Waals surface area contributed by atoms with Gasteiger partial charge in [0.15, 0.2) is 0 Å². The Morgan fingerprint density at radius 2 is 2.22 bits per heavy atom. The summed E-state index contributed by atoms with van der Waals surface area (Å²) in [5.74, 6) is 0.264. The molecule has 6 nitrogen and oxygen atoms in total. The Bertz CT molecular complexity index is 229. The normalized spacial score (nSPS) is 23.8. The molecule has 6 heteroatoms. The molecule has 0 aromatic heterocycles. The van der Waals surface area contributed by atoms with Gasteiger partial charge in [-0.2, -0.15) is 0 Å². The fraction of sp³-hybridized carbons (Fsp3) is 0.917. The van der Waals surface area contributed by atoms with Crippen LogP contribution in [0.15, 0.2) is 0 Å². The quantitative estimate of drug-likeness (QED) is 0.594. The van der Waals surface area contributed by atoms with Gasteiger partial charge in [-0.3, -0.25) is 4.79 Å². The number of hydrogen-bond donors (Lipinski definition) is 3. The Morgan fingerprint density at radius 3 is 2.72 bits per heavy atom. The van der Waals surface area contributed by atoms with Crippen molar-refractivity contribution in [2.24, 2.45) is 11.5 Å². The summed E-state index contributed by atoms with van der Waals surface area (Å²) in [6, 6.07) is 0. The van der Waals surface area contributed by atoms with E-state index in [-0.39, 0.29) is 5.91 Å². The van der Waals surface area contributed by atoms with E-state index in [9.17, 15) is 4.79 Å². The zero-order valence-electron chi connectivity index (χ0n) is 11.1. The SMILES string of the molecule is NCCC1CNCCO1.NCCN1CCCC1=O. The molecule has 2 aliphatic heterocycles. The van der Waals surface area contributed by atoms with Crippen molar-refractivity contribution in [1.29, 1.82) is 0 Å². The number of nitrogens with zero attached hydrogens (tertiary/aromatic N) is 1. The molecule has 1 amide bonds. The molecule has 1 atom stereocenters. The van der Waals surface area contributed by atoms with Crippen LogP contribution in [0, 0.1) is 0 Å². The minimum atomic E-state index is 0.264. The topological polar surface area (TPSA) is 93.6 Å². The summed E-state index contributed by atoms with van der Waals surface area (Å²) in [6.45, 7) is 5.76. The average Bonchev–Trinajstić information content (AvgIpc) is 2.78. The minimum absolute atomic E-state index is 0.264. The second-order valence-corrected chi connectivity index (χ2v) is 4.55. The Kier molecular flexibility index (Phi) is 7.91. The number of nitrogens with two attached hydrogens (primary N) is 2. The number of ether oxygens (including phenoxy) is 1. The number of likely N-dealkylation sites (tertiary alicyclic amines) is 1. The first-order valence-electron chi connectivity index (χ1n) is 6.78. The predicted octanol–water partition coefficient (Wildman–Crippen LogP) is -1.11. The van der Waals surface area contributed by atoms with E-state index < -0.39 is 0 Å². The van der Waals surface area contributed by atoms with Crippen molar-refractivity contribution >= 4 is 5.91 Å².